The molecule has 7 heteroatoms. The van der Waals surface area contributed by atoms with E-state index in [2.05, 4.69) is 4.74 Å². The number of hydrogen-bond acceptors (Lipinski definition) is 3. The molecule has 0 saturated heterocycles. The minimum atomic E-state index is -1.51. The van der Waals surface area contributed by atoms with Crippen LogP contribution in [0.4, 0.5) is 4.79 Å². The van der Waals surface area contributed by atoms with Crippen LogP contribution in [-0.2, 0) is 3.79 Å². The van der Waals surface area contributed by atoms with E-state index in [1.165, 1.54) is 6.07 Å². The number of hydrogen-bond donors (Lipinski definition) is 0. The van der Waals surface area contributed by atoms with Crippen LogP contribution < -0.4 is 4.74 Å². The van der Waals surface area contributed by atoms with Gasteiger partial charge in [-0.15, -0.1) is 11.3 Å². The Morgan fingerprint density at radius 3 is 2.46 bits per heavy atom. The van der Waals surface area contributed by atoms with E-state index in [4.69, 9.17) is 46.4 Å². The maximum absolute atomic E-state index is 10.3. The second-order valence-electron chi connectivity index (χ2n) is 1.99. The summed E-state index contributed by atoms with van der Waals surface area (Å²) in [6.45, 7) is 0. The van der Waals surface area contributed by atoms with E-state index in [1.807, 2.05) is 0 Å². The zero-order chi connectivity index (χ0) is 10.1. The Bertz CT molecular complexity index is 317. The normalized spacial score (nSPS) is 11.4. The summed E-state index contributed by atoms with van der Waals surface area (Å²) < 4.78 is 3.05. The summed E-state index contributed by atoms with van der Waals surface area (Å²) in [6, 6.07) is 1.44. The molecule has 0 spiro atoms. The molecular weight excluding hydrogens is 278 g/mol. The molecular formula is C6H2Cl4O2S. The molecule has 1 aromatic heterocycles. The van der Waals surface area contributed by atoms with Crippen molar-refractivity contribution in [3.8, 4) is 5.06 Å². The first-order chi connectivity index (χ1) is 5.89. The quantitative estimate of drug-likeness (QED) is 0.566. The van der Waals surface area contributed by atoms with Crippen LogP contribution in [0, 0.1) is 0 Å². The van der Waals surface area contributed by atoms with Gasteiger partial charge in [-0.25, -0.2) is 4.79 Å². The van der Waals surface area contributed by atoms with Crippen LogP contribution in [0.15, 0.2) is 11.4 Å². The van der Waals surface area contributed by atoms with Gasteiger partial charge in [-0.2, -0.15) is 0 Å². The molecule has 0 bridgehead atoms. The van der Waals surface area contributed by atoms with E-state index in [9.17, 15) is 4.79 Å². The van der Waals surface area contributed by atoms with Crippen molar-refractivity contribution >= 4 is 63.2 Å². The lowest BCUT2D eigenvalue weighted by Gasteiger charge is -2.06. The van der Waals surface area contributed by atoms with Crippen LogP contribution in [0.2, 0.25) is 0 Å². The molecule has 0 saturated carbocycles. The predicted molar refractivity (Wildman–Crippen MR) is 55.4 cm³/mol. The highest BCUT2D eigenvalue weighted by molar-refractivity contribution is 7.12. The van der Waals surface area contributed by atoms with Crippen molar-refractivity contribution in [2.45, 2.75) is 3.79 Å². The zero-order valence-corrected chi connectivity index (χ0v) is 9.73. The zero-order valence-electron chi connectivity index (χ0n) is 5.89. The van der Waals surface area contributed by atoms with E-state index in [1.54, 1.807) is 5.38 Å². The summed E-state index contributed by atoms with van der Waals surface area (Å²) in [5.41, 5.74) is -0.479. The molecule has 1 heterocycles. The first-order valence-electron chi connectivity index (χ1n) is 2.92. The molecule has 0 aliphatic rings. The van der Waals surface area contributed by atoms with Gasteiger partial charge in [0.25, 0.3) is 0 Å². The first kappa shape index (κ1) is 11.4. The molecule has 2 nitrogen and oxygen atoms in total. The molecule has 0 N–H and O–H groups in total. The summed E-state index contributed by atoms with van der Waals surface area (Å²) in [4.78, 5) is 10.3. The summed E-state index contributed by atoms with van der Waals surface area (Å²) in [5.74, 6) is 0. The minimum Gasteiger partial charge on any atom is -0.403 e. The van der Waals surface area contributed by atoms with E-state index in [0.717, 1.165) is 11.3 Å². The van der Waals surface area contributed by atoms with Gasteiger partial charge < -0.3 is 4.74 Å². The number of halogens is 4. The molecule has 72 valence electrons. The fourth-order valence-electron chi connectivity index (χ4n) is 0.598. The lowest BCUT2D eigenvalue weighted by Crippen LogP contribution is -1.97. The van der Waals surface area contributed by atoms with Gasteiger partial charge in [0.05, 0.1) is 0 Å². The molecule has 0 aliphatic heterocycles. The van der Waals surface area contributed by atoms with Crippen LogP contribution in [0.1, 0.15) is 5.56 Å². The molecule has 0 aliphatic carbocycles. The first-order valence-corrected chi connectivity index (χ1v) is 5.32. The standard InChI is InChI=1S/C6H2Cl4O2S/c7-5(11)12-4-1-3(2-13-4)6(8,9)10/h1-2H. The minimum absolute atomic E-state index is 0.293. The monoisotopic (exact) mass is 278 g/mol. The Hall–Kier alpha value is 0.330. The molecule has 1 aromatic rings. The van der Waals surface area contributed by atoms with E-state index in [-0.39, 0.29) is 0 Å². The van der Waals surface area contributed by atoms with Gasteiger partial charge in [-0.05, 0) is 6.07 Å². The second kappa shape index (κ2) is 4.24. The highest BCUT2D eigenvalue weighted by Crippen LogP contribution is 2.42. The van der Waals surface area contributed by atoms with Gasteiger partial charge in [0.2, 0.25) is 3.79 Å². The van der Waals surface area contributed by atoms with Crippen molar-refractivity contribution in [2.24, 2.45) is 0 Å². The summed E-state index contributed by atoms with van der Waals surface area (Å²) in [6.07, 6.45) is 0. The number of carbonyl (C=O) groups is 1. The molecule has 1 rings (SSSR count). The van der Waals surface area contributed by atoms with Gasteiger partial charge in [-0.3, -0.25) is 0 Å². The Labute approximate surface area is 98.3 Å². The number of thiophene rings is 1. The van der Waals surface area contributed by atoms with Crippen molar-refractivity contribution in [1.82, 2.24) is 0 Å². The van der Waals surface area contributed by atoms with Crippen molar-refractivity contribution in [3.63, 3.8) is 0 Å². The second-order valence-corrected chi connectivity index (χ2v) is 5.46. The van der Waals surface area contributed by atoms with Crippen molar-refractivity contribution in [2.75, 3.05) is 0 Å². The maximum Gasteiger partial charge on any atom is 0.409 e. The highest BCUT2D eigenvalue weighted by Gasteiger charge is 2.24. The Balaban J connectivity index is 2.81. The van der Waals surface area contributed by atoms with E-state index >= 15 is 0 Å². The number of ether oxygens (including phenoxy) is 1. The largest absolute Gasteiger partial charge is 0.409 e. The van der Waals surface area contributed by atoms with Crippen LogP contribution in [0.5, 0.6) is 5.06 Å². The lowest BCUT2D eigenvalue weighted by atomic mass is 10.4. The van der Waals surface area contributed by atoms with Gasteiger partial charge in [0, 0.05) is 22.5 Å². The smallest absolute Gasteiger partial charge is 0.403 e. The molecule has 0 fully saturated rings. The Morgan fingerprint density at radius 1 is 1.46 bits per heavy atom. The van der Waals surface area contributed by atoms with Crippen molar-refractivity contribution in [1.29, 1.82) is 0 Å². The molecule has 0 atom stereocenters. The van der Waals surface area contributed by atoms with Crippen LogP contribution in [0.25, 0.3) is 0 Å². The number of rotatable bonds is 1. The molecule has 13 heavy (non-hydrogen) atoms. The van der Waals surface area contributed by atoms with Gasteiger partial charge in [-0.1, -0.05) is 34.8 Å². The topological polar surface area (TPSA) is 26.3 Å². The average molecular weight is 280 g/mol. The third kappa shape index (κ3) is 3.52. The molecule has 0 radical (unpaired) electrons. The van der Waals surface area contributed by atoms with E-state index < -0.39 is 9.22 Å². The van der Waals surface area contributed by atoms with Crippen LogP contribution in [-0.4, -0.2) is 5.43 Å². The summed E-state index contributed by atoms with van der Waals surface area (Å²) in [7, 11) is 0. The van der Waals surface area contributed by atoms with Gasteiger partial charge >= 0.3 is 5.43 Å². The summed E-state index contributed by atoms with van der Waals surface area (Å²) in [5, 5.41) is 1.86. The van der Waals surface area contributed by atoms with E-state index in [0.29, 0.717) is 10.6 Å². The fourth-order valence-corrected chi connectivity index (χ4v) is 2.05. The van der Waals surface area contributed by atoms with Crippen molar-refractivity contribution < 1.29 is 9.53 Å². The molecule has 0 aromatic carbocycles. The third-order valence-corrected chi connectivity index (χ3v) is 2.62. The van der Waals surface area contributed by atoms with Crippen LogP contribution >= 0.6 is 57.7 Å². The third-order valence-electron chi connectivity index (χ3n) is 1.08. The Morgan fingerprint density at radius 2 is 2.08 bits per heavy atom. The maximum atomic E-state index is 10.3. The highest BCUT2D eigenvalue weighted by atomic mass is 35.6. The summed E-state index contributed by atoms with van der Waals surface area (Å²) >= 11 is 22.8. The fraction of sp³-hybridized carbons (Fsp3) is 0.167. The van der Waals surface area contributed by atoms with Crippen molar-refractivity contribution in [3.05, 3.63) is 17.0 Å². The van der Waals surface area contributed by atoms with Gasteiger partial charge in [0.1, 0.15) is 0 Å². The number of carbonyl (C=O) groups excluding carboxylic acids is 1. The SMILES string of the molecule is O=C(Cl)Oc1cc(C(Cl)(Cl)Cl)cs1. The molecule has 0 amide bonds. The molecule has 0 unspecified atom stereocenters. The van der Waals surface area contributed by atoms with Gasteiger partial charge in [0.15, 0.2) is 5.06 Å². The average Bonchev–Trinajstić information content (AvgIpc) is 2.32. The predicted octanol–water partition coefficient (Wildman–Crippen LogP) is 4.31. The lowest BCUT2D eigenvalue weighted by molar-refractivity contribution is 0.227. The van der Waals surface area contributed by atoms with Crippen LogP contribution in [0.3, 0.4) is 0 Å². The number of alkyl halides is 3. The Kier molecular flexibility index (Phi) is 3.72.